The second kappa shape index (κ2) is 7.37. The third kappa shape index (κ3) is 5.25. The highest BCUT2D eigenvalue weighted by atomic mass is 16.5. The van der Waals surface area contributed by atoms with Gasteiger partial charge >= 0.3 is 0 Å². The van der Waals surface area contributed by atoms with E-state index >= 15 is 0 Å². The van der Waals surface area contributed by atoms with Crippen molar-refractivity contribution in [3.63, 3.8) is 0 Å². The van der Waals surface area contributed by atoms with Crippen LogP contribution < -0.4 is 4.74 Å². The summed E-state index contributed by atoms with van der Waals surface area (Å²) in [4.78, 5) is 0. The maximum atomic E-state index is 5.69. The summed E-state index contributed by atoms with van der Waals surface area (Å²) in [6, 6.07) is 6.42. The normalized spacial score (nSPS) is 19.6. The molecule has 17 heavy (non-hydrogen) atoms. The third-order valence-electron chi connectivity index (χ3n) is 2.72. The fourth-order valence-electron chi connectivity index (χ4n) is 1.65. The second-order valence-electron chi connectivity index (χ2n) is 4.64. The van der Waals surface area contributed by atoms with Crippen LogP contribution in [0.5, 0.6) is 5.75 Å². The van der Waals surface area contributed by atoms with E-state index in [0.29, 0.717) is 6.10 Å². The Balaban J connectivity index is 0.000000245. The number of hydrogen-bond acceptors (Lipinski definition) is 1. The van der Waals surface area contributed by atoms with Crippen LogP contribution in [0.1, 0.15) is 57.6 Å². The third-order valence-corrected chi connectivity index (χ3v) is 2.72. The van der Waals surface area contributed by atoms with Gasteiger partial charge in [-0.25, -0.2) is 0 Å². The number of rotatable bonds is 0. The van der Waals surface area contributed by atoms with Gasteiger partial charge in [-0.3, -0.25) is 0 Å². The fourth-order valence-corrected chi connectivity index (χ4v) is 1.65. The van der Waals surface area contributed by atoms with E-state index in [1.165, 1.54) is 30.4 Å². The van der Waals surface area contributed by atoms with Crippen LogP contribution in [0.25, 0.3) is 0 Å². The van der Waals surface area contributed by atoms with E-state index in [-0.39, 0.29) is 0 Å². The molecule has 0 bridgehead atoms. The van der Waals surface area contributed by atoms with Gasteiger partial charge in [-0.2, -0.15) is 0 Å². The van der Waals surface area contributed by atoms with E-state index in [9.17, 15) is 0 Å². The van der Waals surface area contributed by atoms with Crippen LogP contribution in [0.3, 0.4) is 0 Å². The molecule has 0 N–H and O–H groups in total. The number of ether oxygens (including phenoxy) is 1. The highest BCUT2D eigenvalue weighted by Crippen LogP contribution is 2.27. The minimum atomic E-state index is 0.389. The molecule has 1 aromatic carbocycles. The summed E-state index contributed by atoms with van der Waals surface area (Å²) in [6.07, 6.45) is 7.20. The lowest BCUT2D eigenvalue weighted by atomic mass is 10.0. The number of benzene rings is 1. The lowest BCUT2D eigenvalue weighted by molar-refractivity contribution is 0.192. The van der Waals surface area contributed by atoms with Gasteiger partial charge in [0, 0.05) is 0 Å². The number of hydrogen-bond donors (Lipinski definition) is 0. The molecule has 1 aromatic rings. The summed E-state index contributed by atoms with van der Waals surface area (Å²) in [7, 11) is 0. The van der Waals surface area contributed by atoms with E-state index < -0.39 is 0 Å². The molecular weight excluding hydrogens is 208 g/mol. The average Bonchev–Trinajstić information content (AvgIpc) is 3.20. The van der Waals surface area contributed by atoms with Crippen molar-refractivity contribution in [2.45, 2.75) is 65.9 Å². The predicted octanol–water partition coefficient (Wildman–Crippen LogP) is 4.91. The predicted molar refractivity (Wildman–Crippen MR) is 74.8 cm³/mol. The quantitative estimate of drug-likeness (QED) is 0.620. The average molecular weight is 234 g/mol. The van der Waals surface area contributed by atoms with Crippen LogP contribution in [0.15, 0.2) is 18.2 Å². The van der Waals surface area contributed by atoms with E-state index in [1.807, 2.05) is 13.8 Å². The maximum Gasteiger partial charge on any atom is 0.122 e. The molecule has 96 valence electrons. The summed E-state index contributed by atoms with van der Waals surface area (Å²) < 4.78 is 5.69. The fraction of sp³-hybridized carbons (Fsp3) is 0.625. The molecule has 1 heterocycles. The zero-order chi connectivity index (χ0) is 12.7. The molecule has 1 fully saturated rings. The molecule has 1 heteroatoms. The Morgan fingerprint density at radius 3 is 2.35 bits per heavy atom. The smallest absolute Gasteiger partial charge is 0.122 e. The molecule has 3 rings (SSSR count). The zero-order valence-electron chi connectivity index (χ0n) is 11.8. The van der Waals surface area contributed by atoms with Crippen LogP contribution in [0.4, 0.5) is 0 Å². The van der Waals surface area contributed by atoms with Crippen molar-refractivity contribution in [2.24, 2.45) is 0 Å². The van der Waals surface area contributed by atoms with Gasteiger partial charge in [-0.1, -0.05) is 50.8 Å². The van der Waals surface area contributed by atoms with Crippen molar-refractivity contribution in [3.05, 3.63) is 29.3 Å². The van der Waals surface area contributed by atoms with Gasteiger partial charge in [0.05, 0.1) is 6.10 Å². The number of aryl methyl sites for hydroxylation is 2. The maximum absolute atomic E-state index is 5.69. The van der Waals surface area contributed by atoms with Crippen molar-refractivity contribution in [1.82, 2.24) is 0 Å². The van der Waals surface area contributed by atoms with Gasteiger partial charge in [-0.05, 0) is 38.3 Å². The summed E-state index contributed by atoms with van der Waals surface area (Å²) in [6.45, 7) is 8.25. The Labute approximate surface area is 106 Å². The van der Waals surface area contributed by atoms with Crippen LogP contribution in [0.2, 0.25) is 0 Å². The van der Waals surface area contributed by atoms with E-state index in [0.717, 1.165) is 18.6 Å². The number of fused-ring (bicyclic) bond motifs is 1. The minimum absolute atomic E-state index is 0.389. The first-order valence-corrected chi connectivity index (χ1v) is 7.02. The second-order valence-corrected chi connectivity index (χ2v) is 4.64. The van der Waals surface area contributed by atoms with Crippen molar-refractivity contribution >= 4 is 0 Å². The lowest BCUT2D eigenvalue weighted by Gasteiger charge is -2.23. The molecule has 0 saturated heterocycles. The highest BCUT2D eigenvalue weighted by Gasteiger charge is 2.14. The highest BCUT2D eigenvalue weighted by molar-refractivity contribution is 5.38. The first-order chi connectivity index (χ1) is 8.25. The monoisotopic (exact) mass is 234 g/mol. The van der Waals surface area contributed by atoms with Gasteiger partial charge in [0.25, 0.3) is 0 Å². The molecule has 0 amide bonds. The SMILES string of the molecule is C1CC1.CC.Cc1ccc2c(c1)CCC(C)O2. The summed E-state index contributed by atoms with van der Waals surface area (Å²) in [5.41, 5.74) is 2.69. The largest absolute Gasteiger partial charge is 0.490 e. The summed E-state index contributed by atoms with van der Waals surface area (Å²) >= 11 is 0. The first kappa shape index (κ1) is 14.1. The van der Waals surface area contributed by atoms with Gasteiger partial charge in [0.1, 0.15) is 5.75 Å². The molecule has 2 aliphatic rings. The van der Waals surface area contributed by atoms with Gasteiger partial charge in [0.15, 0.2) is 0 Å². The Kier molecular flexibility index (Phi) is 6.10. The van der Waals surface area contributed by atoms with Crippen LogP contribution in [-0.2, 0) is 6.42 Å². The van der Waals surface area contributed by atoms with Gasteiger partial charge < -0.3 is 4.74 Å². The molecule has 1 aliphatic carbocycles. The zero-order valence-corrected chi connectivity index (χ0v) is 11.8. The summed E-state index contributed by atoms with van der Waals surface area (Å²) in [5, 5.41) is 0. The first-order valence-electron chi connectivity index (χ1n) is 7.02. The molecule has 0 spiro atoms. The van der Waals surface area contributed by atoms with Crippen LogP contribution >= 0.6 is 0 Å². The van der Waals surface area contributed by atoms with Crippen molar-refractivity contribution in [3.8, 4) is 5.75 Å². The molecule has 0 radical (unpaired) electrons. The molecular formula is C16H26O. The van der Waals surface area contributed by atoms with Crippen LogP contribution in [-0.4, -0.2) is 6.10 Å². The van der Waals surface area contributed by atoms with E-state index in [2.05, 4.69) is 32.0 Å². The Bertz CT molecular complexity index is 326. The van der Waals surface area contributed by atoms with E-state index in [4.69, 9.17) is 4.74 Å². The minimum Gasteiger partial charge on any atom is -0.490 e. The molecule has 1 saturated carbocycles. The standard InChI is InChI=1S/C11H14O.C3H6.C2H6/c1-8-3-6-11-10(7-8)5-4-9(2)12-11;1-2-3-1;1-2/h3,6-7,9H,4-5H2,1-2H3;1-3H2;1-2H3. The Morgan fingerprint density at radius 1 is 1.12 bits per heavy atom. The molecule has 0 aromatic heterocycles. The Morgan fingerprint density at radius 2 is 1.76 bits per heavy atom. The summed E-state index contributed by atoms with van der Waals surface area (Å²) in [5.74, 6) is 1.08. The van der Waals surface area contributed by atoms with Crippen molar-refractivity contribution in [2.75, 3.05) is 0 Å². The lowest BCUT2D eigenvalue weighted by Crippen LogP contribution is -2.18. The van der Waals surface area contributed by atoms with Gasteiger partial charge in [-0.15, -0.1) is 0 Å². The van der Waals surface area contributed by atoms with Crippen LogP contribution in [0, 0.1) is 6.92 Å². The molecule has 1 aliphatic heterocycles. The molecule has 1 atom stereocenters. The topological polar surface area (TPSA) is 9.23 Å². The van der Waals surface area contributed by atoms with Crippen molar-refractivity contribution in [1.29, 1.82) is 0 Å². The molecule has 1 unspecified atom stereocenters. The van der Waals surface area contributed by atoms with Gasteiger partial charge in [0.2, 0.25) is 0 Å². The Hall–Kier alpha value is -0.980. The van der Waals surface area contributed by atoms with Crippen molar-refractivity contribution < 1.29 is 4.74 Å². The van der Waals surface area contributed by atoms with E-state index in [1.54, 1.807) is 0 Å². The molecule has 1 nitrogen and oxygen atoms in total.